The van der Waals surface area contributed by atoms with E-state index in [1.54, 1.807) is 54.6 Å². The van der Waals surface area contributed by atoms with Gasteiger partial charge in [-0.15, -0.1) is 0 Å². The third-order valence-electron chi connectivity index (χ3n) is 5.58. The van der Waals surface area contributed by atoms with Crippen LogP contribution in [0.15, 0.2) is 81.6 Å². The van der Waals surface area contributed by atoms with Gasteiger partial charge in [-0.2, -0.15) is 0 Å². The smallest absolute Gasteiger partial charge is 0.248 e. The maximum atomic E-state index is 12.5. The molecule has 3 aromatic carbocycles. The van der Waals surface area contributed by atoms with Crippen molar-refractivity contribution in [1.82, 2.24) is 4.98 Å². The van der Waals surface area contributed by atoms with Gasteiger partial charge in [-0.1, -0.05) is 29.3 Å². The molecule has 0 aliphatic heterocycles. The zero-order valence-electron chi connectivity index (χ0n) is 18.9. The fraction of sp³-hybridized carbons (Fsp3) is 0.0714. The van der Waals surface area contributed by atoms with Crippen LogP contribution >= 0.6 is 23.2 Å². The number of anilines is 1. The minimum Gasteiger partial charge on any atom is -0.457 e. The van der Waals surface area contributed by atoms with Crippen molar-refractivity contribution >= 4 is 52.0 Å². The molecule has 174 valence electrons. The summed E-state index contributed by atoms with van der Waals surface area (Å²) in [5, 5.41) is 3.88. The van der Waals surface area contributed by atoms with Crippen molar-refractivity contribution in [2.24, 2.45) is 0 Å². The maximum Gasteiger partial charge on any atom is 0.248 e. The summed E-state index contributed by atoms with van der Waals surface area (Å²) in [4.78, 5) is 17.1. The number of oxazole rings is 1. The van der Waals surface area contributed by atoms with Crippen molar-refractivity contribution in [1.29, 1.82) is 0 Å². The van der Waals surface area contributed by atoms with Crippen LogP contribution in [0.5, 0.6) is 0 Å². The second-order valence-electron chi connectivity index (χ2n) is 8.18. The number of nitrogens with zero attached hydrogens (tertiary/aromatic N) is 1. The summed E-state index contributed by atoms with van der Waals surface area (Å²) in [5.41, 5.74) is 5.98. The normalized spacial score (nSPS) is 11.4. The van der Waals surface area contributed by atoms with E-state index >= 15 is 0 Å². The second-order valence-corrected chi connectivity index (χ2v) is 9.06. The number of rotatable bonds is 5. The lowest BCUT2D eigenvalue weighted by Crippen LogP contribution is -2.07. The fourth-order valence-corrected chi connectivity index (χ4v) is 4.16. The van der Waals surface area contributed by atoms with Gasteiger partial charge in [0.05, 0.1) is 0 Å². The highest BCUT2D eigenvalue weighted by Gasteiger charge is 2.11. The van der Waals surface area contributed by atoms with Gasteiger partial charge in [0.25, 0.3) is 0 Å². The first-order valence-corrected chi connectivity index (χ1v) is 11.6. The molecule has 2 aromatic heterocycles. The largest absolute Gasteiger partial charge is 0.457 e. The molecule has 0 saturated heterocycles. The summed E-state index contributed by atoms with van der Waals surface area (Å²) in [6, 6.07) is 20.2. The molecule has 1 N–H and O–H groups in total. The van der Waals surface area contributed by atoms with Crippen LogP contribution in [0, 0.1) is 13.8 Å². The summed E-state index contributed by atoms with van der Waals surface area (Å²) >= 11 is 12.1. The number of benzene rings is 3. The van der Waals surface area contributed by atoms with Crippen molar-refractivity contribution in [3.05, 3.63) is 99.7 Å². The van der Waals surface area contributed by atoms with E-state index in [4.69, 9.17) is 32.0 Å². The molecule has 5 nitrogen and oxygen atoms in total. The van der Waals surface area contributed by atoms with Gasteiger partial charge in [0, 0.05) is 32.9 Å². The highest BCUT2D eigenvalue weighted by atomic mass is 35.5. The molecule has 0 bridgehead atoms. The van der Waals surface area contributed by atoms with E-state index in [9.17, 15) is 4.79 Å². The molecule has 0 fully saturated rings. The average Bonchev–Trinajstić information content (AvgIpc) is 3.46. The maximum absolute atomic E-state index is 12.5. The van der Waals surface area contributed by atoms with E-state index < -0.39 is 0 Å². The minimum absolute atomic E-state index is 0.300. The molecular formula is C28H20Cl2N2O3. The van der Waals surface area contributed by atoms with Crippen molar-refractivity contribution in [2.45, 2.75) is 13.8 Å². The van der Waals surface area contributed by atoms with Crippen LogP contribution in [0.2, 0.25) is 10.0 Å². The number of fused-ring (bicyclic) bond motifs is 1. The van der Waals surface area contributed by atoms with Gasteiger partial charge in [-0.3, -0.25) is 4.79 Å². The monoisotopic (exact) mass is 502 g/mol. The number of hydrogen-bond donors (Lipinski definition) is 1. The molecule has 0 spiro atoms. The van der Waals surface area contributed by atoms with Crippen molar-refractivity contribution < 1.29 is 13.6 Å². The van der Waals surface area contributed by atoms with E-state index in [0.29, 0.717) is 44.2 Å². The number of aryl methyl sites for hydroxylation is 2. The van der Waals surface area contributed by atoms with E-state index in [1.807, 2.05) is 12.1 Å². The Balaban J connectivity index is 1.29. The molecule has 0 unspecified atom stereocenters. The summed E-state index contributed by atoms with van der Waals surface area (Å²) in [6.07, 6.45) is 3.00. The Bertz CT molecular complexity index is 1580. The third kappa shape index (κ3) is 5.16. The quantitative estimate of drug-likeness (QED) is 0.245. The van der Waals surface area contributed by atoms with Gasteiger partial charge in [-0.25, -0.2) is 4.98 Å². The zero-order valence-corrected chi connectivity index (χ0v) is 20.4. The van der Waals surface area contributed by atoms with E-state index in [0.717, 1.165) is 11.1 Å². The lowest BCUT2D eigenvalue weighted by Gasteiger charge is -2.01. The molecule has 0 radical (unpaired) electrons. The highest BCUT2D eigenvalue weighted by molar-refractivity contribution is 6.35. The van der Waals surface area contributed by atoms with E-state index in [2.05, 4.69) is 30.2 Å². The Morgan fingerprint density at radius 1 is 0.857 bits per heavy atom. The second kappa shape index (κ2) is 9.45. The first-order valence-electron chi connectivity index (χ1n) is 10.9. The molecule has 0 saturated carbocycles. The van der Waals surface area contributed by atoms with Crippen LogP contribution in [0.3, 0.4) is 0 Å². The first kappa shape index (κ1) is 23.0. The number of amides is 1. The van der Waals surface area contributed by atoms with Crippen molar-refractivity contribution in [3.8, 4) is 22.8 Å². The van der Waals surface area contributed by atoms with Gasteiger partial charge in [0.2, 0.25) is 11.8 Å². The van der Waals surface area contributed by atoms with Gasteiger partial charge in [-0.05, 0) is 91.7 Å². The lowest BCUT2D eigenvalue weighted by molar-refractivity contribution is -0.111. The number of carbonyl (C=O) groups is 1. The summed E-state index contributed by atoms with van der Waals surface area (Å²) in [7, 11) is 0. The van der Waals surface area contributed by atoms with E-state index in [1.165, 1.54) is 17.2 Å². The van der Waals surface area contributed by atoms with Gasteiger partial charge < -0.3 is 14.2 Å². The van der Waals surface area contributed by atoms with Crippen LogP contribution < -0.4 is 5.32 Å². The predicted molar refractivity (Wildman–Crippen MR) is 141 cm³/mol. The average molecular weight is 503 g/mol. The van der Waals surface area contributed by atoms with Gasteiger partial charge in [0.15, 0.2) is 5.58 Å². The molecule has 0 atom stereocenters. The Morgan fingerprint density at radius 2 is 1.66 bits per heavy atom. The van der Waals surface area contributed by atoms with Crippen LogP contribution in [0.4, 0.5) is 5.69 Å². The third-order valence-corrected chi connectivity index (χ3v) is 6.02. The molecule has 7 heteroatoms. The SMILES string of the molecule is Cc1ccc(-c2nc3cc(NC(=O)/C=C/c4ccc(-c5cc(Cl)cc(Cl)c5)o4)ccc3o2)cc1C. The summed E-state index contributed by atoms with van der Waals surface area (Å²) < 4.78 is 11.7. The number of furan rings is 1. The Morgan fingerprint density at radius 3 is 2.43 bits per heavy atom. The summed E-state index contributed by atoms with van der Waals surface area (Å²) in [5.74, 6) is 1.37. The zero-order chi connectivity index (χ0) is 24.5. The first-order chi connectivity index (χ1) is 16.8. The molecule has 5 aromatic rings. The van der Waals surface area contributed by atoms with E-state index in [-0.39, 0.29) is 5.91 Å². The number of nitrogens with one attached hydrogen (secondary N) is 1. The van der Waals surface area contributed by atoms with Gasteiger partial charge in [0.1, 0.15) is 17.0 Å². The molecule has 2 heterocycles. The minimum atomic E-state index is -0.300. The molecule has 0 aliphatic carbocycles. The highest BCUT2D eigenvalue weighted by Crippen LogP contribution is 2.30. The van der Waals surface area contributed by atoms with Crippen LogP contribution in [-0.4, -0.2) is 10.9 Å². The van der Waals surface area contributed by atoms with Crippen LogP contribution in [0.1, 0.15) is 16.9 Å². The van der Waals surface area contributed by atoms with Gasteiger partial charge >= 0.3 is 0 Å². The Labute approximate surface area is 212 Å². The molecule has 35 heavy (non-hydrogen) atoms. The number of hydrogen-bond acceptors (Lipinski definition) is 4. The topological polar surface area (TPSA) is 68.3 Å². The molecular weight excluding hydrogens is 483 g/mol. The molecule has 1 amide bonds. The summed E-state index contributed by atoms with van der Waals surface area (Å²) in [6.45, 7) is 4.12. The predicted octanol–water partition coefficient (Wildman–Crippen LogP) is 8.33. The Hall–Kier alpha value is -3.80. The number of halogens is 2. The van der Waals surface area contributed by atoms with Crippen LogP contribution in [0.25, 0.3) is 40.0 Å². The Kier molecular flexibility index (Phi) is 6.20. The van der Waals surface area contributed by atoms with Crippen molar-refractivity contribution in [3.63, 3.8) is 0 Å². The molecule has 0 aliphatic rings. The lowest BCUT2D eigenvalue weighted by atomic mass is 10.1. The fourth-order valence-electron chi connectivity index (χ4n) is 3.64. The number of aromatic nitrogens is 1. The van der Waals surface area contributed by atoms with Crippen molar-refractivity contribution in [2.75, 3.05) is 5.32 Å². The number of carbonyl (C=O) groups excluding carboxylic acids is 1. The standard InChI is InChI=1S/C28H20Cl2N2O3/c1-16-3-4-18(11-17(16)2)28-32-24-15-22(5-8-26(24)35-28)31-27(33)10-7-23-6-9-25(34-23)19-12-20(29)14-21(30)13-19/h3-15H,1-2H3,(H,31,33)/b10-7+. The van der Waals surface area contributed by atoms with Crippen LogP contribution in [-0.2, 0) is 4.79 Å². The molecule has 5 rings (SSSR count).